The average molecular weight is 1740 g/mol. The molecule has 20 nitrogen and oxygen atoms in total. The second-order valence-electron chi connectivity index (χ2n) is 29.7. The largest absolute Gasteiger partial charge is 0.491 e. The Labute approximate surface area is 752 Å². The second-order valence-corrected chi connectivity index (χ2v) is 29.7. The molecule has 0 radical (unpaired) electrons. The molecule has 13 aromatic carbocycles. The molecule has 0 saturated carbocycles. The highest BCUT2D eigenvalue weighted by atomic mass is 16.6. The molecule has 0 saturated heterocycles. The Morgan fingerprint density at radius 3 is 0.438 bits per heavy atom. The van der Waals surface area contributed by atoms with Gasteiger partial charge in [-0.25, -0.2) is 0 Å². The van der Waals surface area contributed by atoms with Crippen molar-refractivity contribution in [3.8, 4) is 46.0 Å². The standard InChI is InChI=1S/C108H118O20/c1-7-19-91(20-8-1)107(92-21-9-2-10-22-92,93-23-11-3-12-24-93)97-33-39-99(40-34-97)121-75-67-113-59-51-109-53-61-115-69-77-123-101-43-47-103(48-44-101)125-79-71-117-63-55-111-57-65-119-73-81-127-105-37-31-87-84-90-86-106(38-32-88(90)83-89(87)85-105)128-82-74-120-66-58-112-56-64-118-72-80-126-104-49-45-102(46-50-104)124-78-70-116-62-54-110-52-60-114-68-76-122-100-41-35-98(36-42-100)108(94-25-13-4-14-26-94,95-27-15-5-16-28-95)96-29-17-6-18-30-96/h1-50,83-86H,51-82H2. The Balaban J connectivity index is 0.372. The molecule has 0 heterocycles. The van der Waals surface area contributed by atoms with E-state index in [1.165, 1.54) is 33.4 Å². The molecule has 0 bridgehead atoms. The number of fused-ring (bicyclic) bond motifs is 2. The zero-order valence-electron chi connectivity index (χ0n) is 73.0. The molecular formula is C108H118O20. The van der Waals surface area contributed by atoms with Crippen LogP contribution in [0.4, 0.5) is 0 Å². The van der Waals surface area contributed by atoms with Crippen LogP contribution in [0.2, 0.25) is 0 Å². The van der Waals surface area contributed by atoms with E-state index in [0.717, 1.165) is 78.7 Å². The third-order valence-electron chi connectivity index (χ3n) is 21.1. The Morgan fingerprint density at radius 2 is 0.258 bits per heavy atom. The van der Waals surface area contributed by atoms with Gasteiger partial charge in [-0.15, -0.1) is 0 Å². The molecule has 0 amide bonds. The lowest BCUT2D eigenvalue weighted by atomic mass is 9.65. The number of hydrogen-bond acceptors (Lipinski definition) is 20. The van der Waals surface area contributed by atoms with Gasteiger partial charge in [0.1, 0.15) is 98.9 Å². The molecule has 0 aromatic heterocycles. The van der Waals surface area contributed by atoms with Crippen LogP contribution in [0.15, 0.2) is 328 Å². The van der Waals surface area contributed by atoms with Crippen LogP contribution in [-0.4, -0.2) is 211 Å². The van der Waals surface area contributed by atoms with E-state index in [1.54, 1.807) is 0 Å². The lowest BCUT2D eigenvalue weighted by Gasteiger charge is -2.36. The van der Waals surface area contributed by atoms with E-state index in [-0.39, 0.29) is 0 Å². The summed E-state index contributed by atoms with van der Waals surface area (Å²) in [5.74, 6) is 6.07. The first-order valence-corrected chi connectivity index (χ1v) is 44.3. The molecule has 0 N–H and O–H groups in total. The van der Waals surface area contributed by atoms with Crippen LogP contribution >= 0.6 is 0 Å². The third-order valence-corrected chi connectivity index (χ3v) is 21.1. The first-order chi connectivity index (χ1) is 63.6. The molecule has 13 aromatic rings. The lowest BCUT2D eigenvalue weighted by molar-refractivity contribution is 0.00483. The monoisotopic (exact) mass is 1730 g/mol. The molecule has 0 aliphatic carbocycles. The van der Waals surface area contributed by atoms with E-state index < -0.39 is 10.8 Å². The van der Waals surface area contributed by atoms with Crippen molar-refractivity contribution < 1.29 is 94.7 Å². The van der Waals surface area contributed by atoms with Gasteiger partial charge < -0.3 is 94.7 Å². The molecule has 13 rings (SSSR count). The van der Waals surface area contributed by atoms with Crippen molar-refractivity contribution in [1.29, 1.82) is 0 Å². The zero-order chi connectivity index (χ0) is 87.5. The van der Waals surface area contributed by atoms with Crippen molar-refractivity contribution in [3.63, 3.8) is 0 Å². The highest BCUT2D eigenvalue weighted by Crippen LogP contribution is 2.47. The first-order valence-electron chi connectivity index (χ1n) is 44.3. The predicted octanol–water partition coefficient (Wildman–Crippen LogP) is 18.8. The summed E-state index contributed by atoms with van der Waals surface area (Å²) in [5, 5.41) is 4.38. The van der Waals surface area contributed by atoms with Gasteiger partial charge in [0.05, 0.1) is 169 Å². The second kappa shape index (κ2) is 54.5. The maximum atomic E-state index is 6.08. The summed E-state index contributed by atoms with van der Waals surface area (Å²) >= 11 is 0. The summed E-state index contributed by atoms with van der Waals surface area (Å²) in [6.07, 6.45) is 0. The van der Waals surface area contributed by atoms with Crippen LogP contribution in [0.1, 0.15) is 44.5 Å². The number of benzene rings is 13. The van der Waals surface area contributed by atoms with Crippen LogP contribution in [0, 0.1) is 0 Å². The Hall–Kier alpha value is -11.7. The van der Waals surface area contributed by atoms with Gasteiger partial charge in [-0.3, -0.25) is 0 Å². The number of rotatable bonds is 64. The van der Waals surface area contributed by atoms with E-state index in [0.29, 0.717) is 211 Å². The van der Waals surface area contributed by atoms with Gasteiger partial charge in [0.15, 0.2) is 0 Å². The van der Waals surface area contributed by atoms with Gasteiger partial charge in [-0.1, -0.05) is 218 Å². The topological polar surface area (TPSA) is 185 Å². The van der Waals surface area contributed by atoms with E-state index in [9.17, 15) is 0 Å². The number of ether oxygens (including phenoxy) is 20. The molecule has 0 aliphatic heterocycles. The maximum absolute atomic E-state index is 6.08. The van der Waals surface area contributed by atoms with Crippen LogP contribution in [0.3, 0.4) is 0 Å². The van der Waals surface area contributed by atoms with Crippen molar-refractivity contribution >= 4 is 21.5 Å². The van der Waals surface area contributed by atoms with Gasteiger partial charge in [0, 0.05) is 0 Å². The molecule has 0 spiro atoms. The van der Waals surface area contributed by atoms with Crippen molar-refractivity contribution in [2.24, 2.45) is 0 Å². The van der Waals surface area contributed by atoms with Crippen LogP contribution in [-0.2, 0) is 67.7 Å². The van der Waals surface area contributed by atoms with E-state index in [2.05, 4.69) is 243 Å². The molecule has 0 fully saturated rings. The van der Waals surface area contributed by atoms with Crippen molar-refractivity contribution in [2.45, 2.75) is 10.8 Å². The minimum atomic E-state index is -0.500. The quantitative estimate of drug-likeness (QED) is 0.0199. The SMILES string of the molecule is c1ccc(C(c2ccccc2)(c2ccccc2)c2ccc(OCCOCCOCCOCCOc3ccc(OCCOCCOCCOCCOc4ccc5cc6cc(OCCOCCOCCOCCOc7ccc(OCCOCCOCCOCCOc8ccc(C(c9ccccc9)(c9ccccc9)c9ccccc9)cc8)cc7)ccc6cc5c4)cc3)cc2)cc1. The predicted molar refractivity (Wildman–Crippen MR) is 498 cm³/mol. The van der Waals surface area contributed by atoms with Gasteiger partial charge in [-0.2, -0.15) is 0 Å². The number of hydrogen-bond donors (Lipinski definition) is 0. The molecule has 0 aliphatic rings. The van der Waals surface area contributed by atoms with E-state index in [1.807, 2.05) is 84.9 Å². The minimum Gasteiger partial charge on any atom is -0.491 e. The van der Waals surface area contributed by atoms with Crippen molar-refractivity contribution in [1.82, 2.24) is 0 Å². The Bertz CT molecular complexity index is 4620. The molecular weight excluding hydrogens is 1620 g/mol. The molecule has 128 heavy (non-hydrogen) atoms. The molecule has 670 valence electrons. The highest BCUT2D eigenvalue weighted by Gasteiger charge is 2.40. The molecule has 20 heteroatoms. The van der Waals surface area contributed by atoms with Crippen molar-refractivity contribution in [3.05, 3.63) is 372 Å². The smallest absolute Gasteiger partial charge is 0.120 e. The third kappa shape index (κ3) is 29.7. The lowest BCUT2D eigenvalue weighted by Crippen LogP contribution is -2.30. The summed E-state index contributed by atoms with van der Waals surface area (Å²) in [6.45, 7) is 14.2. The first kappa shape index (κ1) is 93.9. The van der Waals surface area contributed by atoms with Crippen LogP contribution < -0.4 is 37.9 Å². The fourth-order valence-electron chi connectivity index (χ4n) is 15.0. The minimum absolute atomic E-state index is 0.412. The zero-order valence-corrected chi connectivity index (χ0v) is 73.0. The highest BCUT2D eigenvalue weighted by molar-refractivity contribution is 5.99. The molecule has 0 unspecified atom stereocenters. The molecule has 0 atom stereocenters. The summed E-state index contributed by atoms with van der Waals surface area (Å²) in [5.41, 5.74) is 8.50. The van der Waals surface area contributed by atoms with Gasteiger partial charge >= 0.3 is 0 Å². The van der Waals surface area contributed by atoms with Crippen molar-refractivity contribution in [2.75, 3.05) is 211 Å². The average Bonchev–Trinajstić information content (AvgIpc) is 0.738. The summed E-state index contributed by atoms with van der Waals surface area (Å²) in [6, 6.07) is 112. The Morgan fingerprint density at radius 1 is 0.117 bits per heavy atom. The van der Waals surface area contributed by atoms with Crippen LogP contribution in [0.5, 0.6) is 46.0 Å². The van der Waals surface area contributed by atoms with E-state index in [4.69, 9.17) is 94.7 Å². The van der Waals surface area contributed by atoms with Gasteiger partial charge in [-0.05, 0) is 175 Å². The fraction of sp³-hybridized carbons (Fsp3) is 0.315. The normalized spacial score (nSPS) is 11.6. The summed E-state index contributed by atoms with van der Waals surface area (Å²) in [4.78, 5) is 0. The maximum Gasteiger partial charge on any atom is 0.120 e. The summed E-state index contributed by atoms with van der Waals surface area (Å²) < 4.78 is 116. The van der Waals surface area contributed by atoms with Gasteiger partial charge in [0.2, 0.25) is 0 Å². The Kier molecular flexibility index (Phi) is 40.0. The van der Waals surface area contributed by atoms with Gasteiger partial charge in [0.25, 0.3) is 0 Å². The van der Waals surface area contributed by atoms with E-state index >= 15 is 0 Å². The fourth-order valence-corrected chi connectivity index (χ4v) is 15.0. The summed E-state index contributed by atoms with van der Waals surface area (Å²) in [7, 11) is 0. The van der Waals surface area contributed by atoms with Crippen LogP contribution in [0.25, 0.3) is 21.5 Å².